The second-order valence-electron chi connectivity index (χ2n) is 4.39. The van der Waals surface area contributed by atoms with Gasteiger partial charge >= 0.3 is 0 Å². The summed E-state index contributed by atoms with van der Waals surface area (Å²) in [4.78, 5) is 0. The molecule has 0 aromatic heterocycles. The van der Waals surface area contributed by atoms with Crippen LogP contribution in [0.5, 0.6) is 0 Å². The normalized spacial score (nSPS) is 10.9. The van der Waals surface area contributed by atoms with Crippen LogP contribution in [0.3, 0.4) is 0 Å². The van der Waals surface area contributed by atoms with Crippen LogP contribution < -0.4 is 5.32 Å². The van der Waals surface area contributed by atoms with Gasteiger partial charge in [-0.15, -0.1) is 0 Å². The van der Waals surface area contributed by atoms with E-state index >= 15 is 0 Å². The Morgan fingerprint density at radius 2 is 1.93 bits per heavy atom. The highest BCUT2D eigenvalue weighted by atomic mass is 14.9. The van der Waals surface area contributed by atoms with E-state index in [1.807, 2.05) is 0 Å². The number of rotatable bonds is 6. The number of nitrogens with one attached hydrogen (secondary N) is 1. The predicted molar refractivity (Wildman–Crippen MR) is 67.3 cm³/mol. The van der Waals surface area contributed by atoms with E-state index in [-0.39, 0.29) is 0 Å². The third-order valence-corrected chi connectivity index (χ3v) is 2.59. The van der Waals surface area contributed by atoms with Crippen LogP contribution >= 0.6 is 0 Å². The molecule has 0 aliphatic heterocycles. The summed E-state index contributed by atoms with van der Waals surface area (Å²) in [6.07, 6.45) is 3.55. The first-order valence-corrected chi connectivity index (χ1v) is 6.03. The molecule has 1 nitrogen and oxygen atoms in total. The Bertz CT molecular complexity index is 278. The standard InChI is InChI=1S/C14H23N/c1-4-13-7-5-8-14(11-13)9-6-10-15-12(2)3/h5,7-8,11-12,15H,4,6,9-10H2,1-3H3. The third kappa shape index (κ3) is 4.98. The molecule has 0 spiro atoms. The Morgan fingerprint density at radius 1 is 1.20 bits per heavy atom. The molecule has 0 unspecified atom stereocenters. The van der Waals surface area contributed by atoms with Crippen LogP contribution in [-0.4, -0.2) is 12.6 Å². The highest BCUT2D eigenvalue weighted by Crippen LogP contribution is 2.07. The lowest BCUT2D eigenvalue weighted by Crippen LogP contribution is -2.23. The molecular weight excluding hydrogens is 182 g/mol. The molecular formula is C14H23N. The lowest BCUT2D eigenvalue weighted by Gasteiger charge is -2.08. The van der Waals surface area contributed by atoms with E-state index in [0.29, 0.717) is 6.04 Å². The molecule has 1 rings (SSSR count). The highest BCUT2D eigenvalue weighted by Gasteiger charge is 1.96. The molecule has 0 atom stereocenters. The fourth-order valence-corrected chi connectivity index (χ4v) is 1.69. The SMILES string of the molecule is CCc1cccc(CCCNC(C)C)c1. The summed E-state index contributed by atoms with van der Waals surface area (Å²) >= 11 is 0. The second kappa shape index (κ2) is 6.62. The van der Waals surface area contributed by atoms with Gasteiger partial charge in [0.15, 0.2) is 0 Å². The summed E-state index contributed by atoms with van der Waals surface area (Å²) in [6, 6.07) is 9.54. The van der Waals surface area contributed by atoms with Crippen LogP contribution in [-0.2, 0) is 12.8 Å². The van der Waals surface area contributed by atoms with Crippen molar-refractivity contribution in [3.8, 4) is 0 Å². The van der Waals surface area contributed by atoms with E-state index in [4.69, 9.17) is 0 Å². The maximum absolute atomic E-state index is 3.44. The lowest BCUT2D eigenvalue weighted by atomic mass is 10.1. The molecule has 0 saturated carbocycles. The summed E-state index contributed by atoms with van der Waals surface area (Å²) in [5.41, 5.74) is 2.92. The van der Waals surface area contributed by atoms with Crippen LogP contribution in [0.15, 0.2) is 24.3 Å². The second-order valence-corrected chi connectivity index (χ2v) is 4.39. The van der Waals surface area contributed by atoms with Crippen LogP contribution in [0.4, 0.5) is 0 Å². The van der Waals surface area contributed by atoms with Gasteiger partial charge in [-0.05, 0) is 36.9 Å². The molecule has 1 N–H and O–H groups in total. The van der Waals surface area contributed by atoms with Crippen LogP contribution in [0, 0.1) is 0 Å². The average molecular weight is 205 g/mol. The first kappa shape index (κ1) is 12.3. The monoisotopic (exact) mass is 205 g/mol. The van der Waals surface area contributed by atoms with Gasteiger partial charge in [-0.1, -0.05) is 45.0 Å². The van der Waals surface area contributed by atoms with E-state index in [1.165, 1.54) is 24.0 Å². The molecule has 84 valence electrons. The summed E-state index contributed by atoms with van der Waals surface area (Å²) in [5.74, 6) is 0. The Balaban J connectivity index is 2.30. The molecule has 15 heavy (non-hydrogen) atoms. The number of benzene rings is 1. The topological polar surface area (TPSA) is 12.0 Å². The van der Waals surface area contributed by atoms with Crippen molar-refractivity contribution in [3.05, 3.63) is 35.4 Å². The highest BCUT2D eigenvalue weighted by molar-refractivity contribution is 5.23. The van der Waals surface area contributed by atoms with Gasteiger partial charge in [0.25, 0.3) is 0 Å². The Hall–Kier alpha value is -0.820. The van der Waals surface area contributed by atoms with Crippen molar-refractivity contribution in [2.45, 2.75) is 46.1 Å². The molecule has 0 aliphatic carbocycles. The van der Waals surface area contributed by atoms with E-state index in [1.54, 1.807) is 0 Å². The fourth-order valence-electron chi connectivity index (χ4n) is 1.69. The minimum atomic E-state index is 0.604. The zero-order valence-corrected chi connectivity index (χ0v) is 10.2. The molecule has 0 saturated heterocycles. The van der Waals surface area contributed by atoms with Gasteiger partial charge in [-0.2, -0.15) is 0 Å². The molecule has 0 fully saturated rings. The maximum Gasteiger partial charge on any atom is 0.00103 e. The smallest absolute Gasteiger partial charge is 0.00103 e. The van der Waals surface area contributed by atoms with Crippen molar-refractivity contribution in [1.82, 2.24) is 5.32 Å². The summed E-state index contributed by atoms with van der Waals surface area (Å²) in [5, 5.41) is 3.44. The van der Waals surface area contributed by atoms with E-state index in [9.17, 15) is 0 Å². The molecule has 1 aromatic rings. The Labute approximate surface area is 93.9 Å². The summed E-state index contributed by atoms with van der Waals surface area (Å²) < 4.78 is 0. The molecule has 0 bridgehead atoms. The number of hydrogen-bond acceptors (Lipinski definition) is 1. The van der Waals surface area contributed by atoms with Crippen LogP contribution in [0.1, 0.15) is 38.3 Å². The molecule has 0 heterocycles. The van der Waals surface area contributed by atoms with Gasteiger partial charge in [0.2, 0.25) is 0 Å². The van der Waals surface area contributed by atoms with Gasteiger partial charge in [-0.3, -0.25) is 0 Å². The average Bonchev–Trinajstić information content (AvgIpc) is 2.24. The number of aryl methyl sites for hydroxylation is 2. The fraction of sp³-hybridized carbons (Fsp3) is 0.571. The van der Waals surface area contributed by atoms with Gasteiger partial charge in [0, 0.05) is 6.04 Å². The largest absolute Gasteiger partial charge is 0.315 e. The Kier molecular flexibility index (Phi) is 5.41. The molecule has 1 heteroatoms. The van der Waals surface area contributed by atoms with Gasteiger partial charge in [-0.25, -0.2) is 0 Å². The first-order chi connectivity index (χ1) is 7.22. The lowest BCUT2D eigenvalue weighted by molar-refractivity contribution is 0.570. The zero-order valence-electron chi connectivity index (χ0n) is 10.2. The van der Waals surface area contributed by atoms with E-state index in [2.05, 4.69) is 50.4 Å². The zero-order chi connectivity index (χ0) is 11.1. The predicted octanol–water partition coefficient (Wildman–Crippen LogP) is 3.18. The summed E-state index contributed by atoms with van der Waals surface area (Å²) in [6.45, 7) is 7.71. The minimum absolute atomic E-state index is 0.604. The van der Waals surface area contributed by atoms with Crippen molar-refractivity contribution in [2.75, 3.05) is 6.54 Å². The summed E-state index contributed by atoms with van der Waals surface area (Å²) in [7, 11) is 0. The van der Waals surface area contributed by atoms with Crippen molar-refractivity contribution in [2.24, 2.45) is 0 Å². The van der Waals surface area contributed by atoms with Crippen LogP contribution in [0.2, 0.25) is 0 Å². The first-order valence-electron chi connectivity index (χ1n) is 6.03. The molecule has 0 amide bonds. The quantitative estimate of drug-likeness (QED) is 0.703. The molecule has 1 aromatic carbocycles. The van der Waals surface area contributed by atoms with Crippen molar-refractivity contribution in [1.29, 1.82) is 0 Å². The van der Waals surface area contributed by atoms with Gasteiger partial charge in [0.1, 0.15) is 0 Å². The third-order valence-electron chi connectivity index (χ3n) is 2.59. The Morgan fingerprint density at radius 3 is 2.60 bits per heavy atom. The van der Waals surface area contributed by atoms with E-state index < -0.39 is 0 Å². The minimum Gasteiger partial charge on any atom is -0.315 e. The number of hydrogen-bond donors (Lipinski definition) is 1. The van der Waals surface area contributed by atoms with Gasteiger partial charge in [0.05, 0.1) is 0 Å². The van der Waals surface area contributed by atoms with Crippen molar-refractivity contribution in [3.63, 3.8) is 0 Å². The molecule has 0 radical (unpaired) electrons. The van der Waals surface area contributed by atoms with E-state index in [0.717, 1.165) is 13.0 Å². The van der Waals surface area contributed by atoms with Crippen molar-refractivity contribution >= 4 is 0 Å². The van der Waals surface area contributed by atoms with Crippen LogP contribution in [0.25, 0.3) is 0 Å². The molecule has 0 aliphatic rings. The maximum atomic E-state index is 3.44. The van der Waals surface area contributed by atoms with Gasteiger partial charge < -0.3 is 5.32 Å². The van der Waals surface area contributed by atoms with Crippen molar-refractivity contribution < 1.29 is 0 Å².